The molecule has 2 aliphatic heterocycles. The van der Waals surface area contributed by atoms with Crippen LogP contribution >= 0.6 is 12.2 Å². The summed E-state index contributed by atoms with van der Waals surface area (Å²) in [6, 6.07) is 6.67. The van der Waals surface area contributed by atoms with Gasteiger partial charge in [0.2, 0.25) is 0 Å². The zero-order chi connectivity index (χ0) is 14.7. The summed E-state index contributed by atoms with van der Waals surface area (Å²) in [5, 5.41) is 4.15. The molecule has 4 nitrogen and oxygen atoms in total. The Morgan fingerprint density at radius 2 is 2.19 bits per heavy atom. The molecule has 0 aromatic heterocycles. The van der Waals surface area contributed by atoms with Crippen molar-refractivity contribution in [1.29, 1.82) is 0 Å². The molecule has 2 heterocycles. The van der Waals surface area contributed by atoms with Crippen LogP contribution in [0.3, 0.4) is 0 Å². The van der Waals surface area contributed by atoms with Gasteiger partial charge in [0.25, 0.3) is 0 Å². The van der Waals surface area contributed by atoms with Crippen molar-refractivity contribution in [2.24, 2.45) is 0 Å². The number of hydrogen-bond donors (Lipinski definition) is 2. The highest BCUT2D eigenvalue weighted by Crippen LogP contribution is 2.25. The summed E-state index contributed by atoms with van der Waals surface area (Å²) < 4.78 is 5.57. The first-order valence-electron chi connectivity index (χ1n) is 7.87. The molecular formula is C16H24N3OS+. The van der Waals surface area contributed by atoms with E-state index in [9.17, 15) is 0 Å². The van der Waals surface area contributed by atoms with Gasteiger partial charge in [-0.2, -0.15) is 0 Å². The predicted octanol–water partition coefficient (Wildman–Crippen LogP) is 0.216. The molecule has 2 aliphatic rings. The number of nitrogens with zero attached hydrogens (tertiary/aromatic N) is 1. The second kappa shape index (κ2) is 6.62. The number of benzene rings is 1. The highest BCUT2D eigenvalue weighted by atomic mass is 32.1. The van der Waals surface area contributed by atoms with Crippen LogP contribution in [0.1, 0.15) is 18.1 Å². The van der Waals surface area contributed by atoms with Crippen LogP contribution in [0.25, 0.3) is 0 Å². The van der Waals surface area contributed by atoms with Gasteiger partial charge in [0.15, 0.2) is 5.11 Å². The summed E-state index contributed by atoms with van der Waals surface area (Å²) in [6.45, 7) is 9.35. The van der Waals surface area contributed by atoms with Crippen molar-refractivity contribution in [3.8, 4) is 5.75 Å². The van der Waals surface area contributed by atoms with Crippen LogP contribution < -0.4 is 15.0 Å². The van der Waals surface area contributed by atoms with E-state index >= 15 is 0 Å². The Hall–Kier alpha value is -1.33. The van der Waals surface area contributed by atoms with E-state index in [0.717, 1.165) is 63.2 Å². The second-order valence-electron chi connectivity index (χ2n) is 5.79. The Bertz CT molecular complexity index is 512. The van der Waals surface area contributed by atoms with E-state index in [1.165, 1.54) is 11.1 Å². The highest BCUT2D eigenvalue weighted by Gasteiger charge is 2.22. The molecular weight excluding hydrogens is 282 g/mol. The molecule has 1 aromatic rings. The molecule has 21 heavy (non-hydrogen) atoms. The first kappa shape index (κ1) is 14.6. The van der Waals surface area contributed by atoms with Gasteiger partial charge in [-0.15, -0.1) is 0 Å². The molecule has 2 N–H and O–H groups in total. The lowest BCUT2D eigenvalue weighted by Gasteiger charge is -2.33. The fourth-order valence-corrected chi connectivity index (χ4v) is 3.43. The van der Waals surface area contributed by atoms with Gasteiger partial charge < -0.3 is 19.9 Å². The van der Waals surface area contributed by atoms with Crippen molar-refractivity contribution in [1.82, 2.24) is 10.2 Å². The van der Waals surface area contributed by atoms with Crippen LogP contribution in [-0.2, 0) is 13.0 Å². The number of fused-ring (bicyclic) bond motifs is 1. The lowest BCUT2D eigenvalue weighted by atomic mass is 10.1. The zero-order valence-electron chi connectivity index (χ0n) is 12.7. The van der Waals surface area contributed by atoms with Gasteiger partial charge in [-0.1, -0.05) is 0 Å². The molecule has 0 atom stereocenters. The van der Waals surface area contributed by atoms with Gasteiger partial charge >= 0.3 is 0 Å². The second-order valence-corrected chi connectivity index (χ2v) is 6.18. The van der Waals surface area contributed by atoms with E-state index in [2.05, 4.69) is 35.3 Å². The molecule has 0 aliphatic carbocycles. The van der Waals surface area contributed by atoms with Gasteiger partial charge in [-0.05, 0) is 42.9 Å². The smallest absolute Gasteiger partial charge is 0.169 e. The third-order valence-electron chi connectivity index (χ3n) is 4.29. The minimum atomic E-state index is 0.839. The van der Waals surface area contributed by atoms with E-state index in [1.54, 1.807) is 4.90 Å². The standard InChI is InChI=1S/C16H23N3OS/c1-2-17-16(21)19-8-6-18(7-9-19)12-13-3-4-15-14(11-13)5-10-20-15/h3-4,11H,2,5-10,12H2,1H3,(H,17,21)/p+1. The average molecular weight is 306 g/mol. The molecule has 0 spiro atoms. The van der Waals surface area contributed by atoms with E-state index in [0.29, 0.717) is 0 Å². The first-order valence-corrected chi connectivity index (χ1v) is 8.28. The Balaban J connectivity index is 1.52. The average Bonchev–Trinajstić information content (AvgIpc) is 2.96. The van der Waals surface area contributed by atoms with Crippen molar-refractivity contribution in [3.63, 3.8) is 0 Å². The monoisotopic (exact) mass is 306 g/mol. The Morgan fingerprint density at radius 3 is 2.95 bits per heavy atom. The molecule has 0 bridgehead atoms. The number of rotatable bonds is 3. The number of nitrogens with one attached hydrogen (secondary N) is 2. The maximum Gasteiger partial charge on any atom is 0.169 e. The normalized spacial score (nSPS) is 18.2. The van der Waals surface area contributed by atoms with Crippen LogP contribution in [-0.4, -0.2) is 49.3 Å². The molecule has 3 rings (SSSR count). The third-order valence-corrected chi connectivity index (χ3v) is 4.70. The minimum Gasteiger partial charge on any atom is -0.493 e. The van der Waals surface area contributed by atoms with Crippen LogP contribution in [0, 0.1) is 0 Å². The first-order chi connectivity index (χ1) is 10.3. The Morgan fingerprint density at radius 1 is 1.38 bits per heavy atom. The maximum atomic E-state index is 5.57. The molecule has 0 radical (unpaired) electrons. The Labute approximate surface area is 132 Å². The summed E-state index contributed by atoms with van der Waals surface area (Å²) in [7, 11) is 0. The summed E-state index contributed by atoms with van der Waals surface area (Å²) in [5.41, 5.74) is 2.80. The molecule has 114 valence electrons. The maximum absolute atomic E-state index is 5.57. The fourth-order valence-electron chi connectivity index (χ4n) is 3.10. The number of ether oxygens (including phenoxy) is 1. The van der Waals surface area contributed by atoms with Crippen molar-refractivity contribution >= 4 is 17.3 Å². The van der Waals surface area contributed by atoms with Crippen LogP contribution in [0.5, 0.6) is 5.75 Å². The number of piperazine rings is 1. The largest absolute Gasteiger partial charge is 0.493 e. The van der Waals surface area contributed by atoms with Crippen molar-refractivity contribution < 1.29 is 9.64 Å². The van der Waals surface area contributed by atoms with Gasteiger partial charge in [-0.3, -0.25) is 0 Å². The summed E-state index contributed by atoms with van der Waals surface area (Å²) in [6.07, 6.45) is 1.06. The van der Waals surface area contributed by atoms with Crippen molar-refractivity contribution in [2.45, 2.75) is 19.9 Å². The highest BCUT2D eigenvalue weighted by molar-refractivity contribution is 7.80. The topological polar surface area (TPSA) is 28.9 Å². The lowest BCUT2D eigenvalue weighted by Crippen LogP contribution is -3.13. The molecule has 1 saturated heterocycles. The van der Waals surface area contributed by atoms with E-state index in [-0.39, 0.29) is 0 Å². The van der Waals surface area contributed by atoms with Crippen molar-refractivity contribution in [3.05, 3.63) is 29.3 Å². The van der Waals surface area contributed by atoms with Crippen LogP contribution in [0.15, 0.2) is 18.2 Å². The SMILES string of the molecule is CCNC(=S)N1CC[NH+](Cc2ccc3c(c2)CCO3)CC1. The molecule has 0 amide bonds. The fraction of sp³-hybridized carbons (Fsp3) is 0.562. The molecule has 1 fully saturated rings. The summed E-state index contributed by atoms with van der Waals surface area (Å²) in [4.78, 5) is 3.93. The zero-order valence-corrected chi connectivity index (χ0v) is 13.5. The predicted molar refractivity (Wildman–Crippen MR) is 87.9 cm³/mol. The summed E-state index contributed by atoms with van der Waals surface area (Å²) >= 11 is 5.39. The number of quaternary nitrogens is 1. The van der Waals surface area contributed by atoms with E-state index in [4.69, 9.17) is 17.0 Å². The van der Waals surface area contributed by atoms with Gasteiger partial charge in [0, 0.05) is 18.5 Å². The molecule has 0 saturated carbocycles. The number of hydrogen-bond acceptors (Lipinski definition) is 2. The van der Waals surface area contributed by atoms with Crippen molar-refractivity contribution in [2.75, 3.05) is 39.3 Å². The number of thiocarbonyl (C=S) groups is 1. The molecule has 1 aromatic carbocycles. The lowest BCUT2D eigenvalue weighted by molar-refractivity contribution is -0.917. The van der Waals surface area contributed by atoms with Crippen LogP contribution in [0.4, 0.5) is 0 Å². The minimum absolute atomic E-state index is 0.839. The Kier molecular flexibility index (Phi) is 4.60. The van der Waals surface area contributed by atoms with Gasteiger partial charge in [-0.25, -0.2) is 0 Å². The molecule has 5 heteroatoms. The summed E-state index contributed by atoms with van der Waals surface area (Å²) in [5.74, 6) is 1.08. The molecule has 0 unspecified atom stereocenters. The van der Waals surface area contributed by atoms with E-state index < -0.39 is 0 Å². The van der Waals surface area contributed by atoms with E-state index in [1.807, 2.05) is 0 Å². The van der Waals surface area contributed by atoms with Crippen LogP contribution in [0.2, 0.25) is 0 Å². The quantitative estimate of drug-likeness (QED) is 0.782. The van der Waals surface area contributed by atoms with Gasteiger partial charge in [0.1, 0.15) is 12.3 Å². The van der Waals surface area contributed by atoms with Gasteiger partial charge in [0.05, 0.1) is 32.8 Å². The third kappa shape index (κ3) is 3.47.